The molecule has 0 unspecified atom stereocenters. The highest BCUT2D eigenvalue weighted by molar-refractivity contribution is 6.19. The molecule has 0 aliphatic rings. The van der Waals surface area contributed by atoms with Crippen LogP contribution in [-0.4, -0.2) is 0 Å². The van der Waals surface area contributed by atoms with Crippen molar-refractivity contribution in [1.82, 2.24) is 0 Å². The van der Waals surface area contributed by atoms with Gasteiger partial charge >= 0.3 is 0 Å². The normalized spacial score (nSPS) is 11.1. The van der Waals surface area contributed by atoms with Crippen molar-refractivity contribution in [2.24, 2.45) is 0 Å². The largest absolute Gasteiger partial charge is 0.122 e. The van der Waals surface area contributed by atoms with Crippen LogP contribution in [-0.2, 0) is 5.88 Å². The van der Waals surface area contributed by atoms with Crippen LogP contribution in [0.1, 0.15) is 5.56 Å². The Bertz CT molecular complexity index is 964. The van der Waals surface area contributed by atoms with Crippen LogP contribution in [0.25, 0.3) is 32.7 Å². The lowest BCUT2D eigenvalue weighted by Crippen LogP contribution is -1.90. The van der Waals surface area contributed by atoms with Gasteiger partial charge in [-0.3, -0.25) is 0 Å². The van der Waals surface area contributed by atoms with E-state index in [9.17, 15) is 0 Å². The highest BCUT2D eigenvalue weighted by Crippen LogP contribution is 2.35. The van der Waals surface area contributed by atoms with Crippen LogP contribution >= 0.6 is 11.6 Å². The molecule has 4 aromatic rings. The lowest BCUT2D eigenvalue weighted by Gasteiger charge is -2.13. The number of fused-ring (bicyclic) bond motifs is 2. The van der Waals surface area contributed by atoms with Gasteiger partial charge in [0.05, 0.1) is 0 Å². The van der Waals surface area contributed by atoms with E-state index in [2.05, 4.69) is 78.9 Å². The molecule has 0 saturated heterocycles. The molecule has 106 valence electrons. The molecule has 0 atom stereocenters. The fourth-order valence-electron chi connectivity index (χ4n) is 3.19. The number of benzene rings is 4. The van der Waals surface area contributed by atoms with Gasteiger partial charge in [0.25, 0.3) is 0 Å². The summed E-state index contributed by atoms with van der Waals surface area (Å²) in [5.41, 5.74) is 3.68. The molecule has 0 N–H and O–H groups in total. The van der Waals surface area contributed by atoms with E-state index in [0.29, 0.717) is 5.88 Å². The van der Waals surface area contributed by atoms with Crippen LogP contribution in [0, 0.1) is 0 Å². The Morgan fingerprint density at radius 3 is 1.95 bits per heavy atom. The van der Waals surface area contributed by atoms with Gasteiger partial charge in [0, 0.05) is 5.88 Å². The molecule has 4 aromatic carbocycles. The van der Waals surface area contributed by atoms with Crippen molar-refractivity contribution in [2.75, 3.05) is 0 Å². The molecule has 0 spiro atoms. The maximum atomic E-state index is 6.31. The third-order valence-corrected chi connectivity index (χ3v) is 4.52. The molecule has 0 bridgehead atoms. The molecular formula is C21H15Cl. The number of alkyl halides is 1. The van der Waals surface area contributed by atoms with Crippen molar-refractivity contribution in [3.05, 3.63) is 84.4 Å². The Morgan fingerprint density at radius 2 is 1.18 bits per heavy atom. The smallest absolute Gasteiger partial charge is 0.0486 e. The highest BCUT2D eigenvalue weighted by atomic mass is 35.5. The summed E-state index contributed by atoms with van der Waals surface area (Å²) in [5.74, 6) is 0.514. The number of hydrogen-bond acceptors (Lipinski definition) is 0. The van der Waals surface area contributed by atoms with Gasteiger partial charge < -0.3 is 0 Å². The predicted molar refractivity (Wildman–Crippen MR) is 96.4 cm³/mol. The molecule has 1 heteroatoms. The Balaban J connectivity index is 2.08. The predicted octanol–water partition coefficient (Wildman–Crippen LogP) is 6.40. The summed E-state index contributed by atoms with van der Waals surface area (Å²) in [6.45, 7) is 0. The first-order chi connectivity index (χ1) is 10.9. The van der Waals surface area contributed by atoms with E-state index in [4.69, 9.17) is 11.6 Å². The van der Waals surface area contributed by atoms with Gasteiger partial charge in [0.15, 0.2) is 0 Å². The molecule has 0 aromatic heterocycles. The average Bonchev–Trinajstić information content (AvgIpc) is 2.60. The topological polar surface area (TPSA) is 0 Å². The molecule has 0 radical (unpaired) electrons. The summed E-state index contributed by atoms with van der Waals surface area (Å²) in [6, 6.07) is 27.8. The average molecular weight is 303 g/mol. The fraction of sp³-hybridized carbons (Fsp3) is 0.0476. The van der Waals surface area contributed by atoms with Gasteiger partial charge in [0.2, 0.25) is 0 Å². The fourth-order valence-corrected chi connectivity index (χ4v) is 3.48. The van der Waals surface area contributed by atoms with E-state index in [1.807, 2.05) is 0 Å². The molecule has 0 amide bonds. The summed E-state index contributed by atoms with van der Waals surface area (Å²) < 4.78 is 0. The lowest BCUT2D eigenvalue weighted by molar-refractivity contribution is 1.45. The monoisotopic (exact) mass is 302 g/mol. The third-order valence-electron chi connectivity index (χ3n) is 4.25. The standard InChI is InChI=1S/C21H15Cl/c22-14-21-18-10-4-2-7-16(18)12-13-20(21)19-11-5-8-15-6-1-3-9-17(15)19/h1-13H,14H2. The maximum Gasteiger partial charge on any atom is 0.0486 e. The molecule has 0 fully saturated rings. The van der Waals surface area contributed by atoms with E-state index >= 15 is 0 Å². The molecule has 0 heterocycles. The van der Waals surface area contributed by atoms with Gasteiger partial charge in [-0.1, -0.05) is 78.9 Å². The van der Waals surface area contributed by atoms with Crippen molar-refractivity contribution in [3.63, 3.8) is 0 Å². The number of rotatable bonds is 2. The molecule has 0 aliphatic carbocycles. The van der Waals surface area contributed by atoms with Crippen molar-refractivity contribution >= 4 is 33.1 Å². The molecular weight excluding hydrogens is 288 g/mol. The second kappa shape index (κ2) is 5.47. The molecule has 0 saturated carbocycles. The Hall–Kier alpha value is -2.31. The Kier molecular flexibility index (Phi) is 3.32. The van der Waals surface area contributed by atoms with Crippen molar-refractivity contribution in [3.8, 4) is 11.1 Å². The van der Waals surface area contributed by atoms with Crippen LogP contribution in [0.2, 0.25) is 0 Å². The second-order valence-corrected chi connectivity index (χ2v) is 5.74. The summed E-state index contributed by atoms with van der Waals surface area (Å²) in [7, 11) is 0. The van der Waals surface area contributed by atoms with Crippen LogP contribution in [0.3, 0.4) is 0 Å². The lowest BCUT2D eigenvalue weighted by atomic mass is 9.92. The van der Waals surface area contributed by atoms with E-state index in [1.54, 1.807) is 0 Å². The summed E-state index contributed by atoms with van der Waals surface area (Å²) >= 11 is 6.31. The number of halogens is 1. The van der Waals surface area contributed by atoms with Gasteiger partial charge in [-0.25, -0.2) is 0 Å². The van der Waals surface area contributed by atoms with E-state index in [1.165, 1.54) is 38.2 Å². The second-order valence-electron chi connectivity index (χ2n) is 5.47. The number of hydrogen-bond donors (Lipinski definition) is 0. The van der Waals surface area contributed by atoms with Crippen molar-refractivity contribution in [2.45, 2.75) is 5.88 Å². The first-order valence-electron chi connectivity index (χ1n) is 7.43. The van der Waals surface area contributed by atoms with Gasteiger partial charge in [-0.2, -0.15) is 0 Å². The highest BCUT2D eigenvalue weighted by Gasteiger charge is 2.10. The Labute approximate surface area is 135 Å². The zero-order valence-electron chi connectivity index (χ0n) is 12.1. The van der Waals surface area contributed by atoms with Crippen LogP contribution < -0.4 is 0 Å². The minimum absolute atomic E-state index is 0.514. The Morgan fingerprint density at radius 1 is 0.545 bits per heavy atom. The van der Waals surface area contributed by atoms with E-state index < -0.39 is 0 Å². The minimum Gasteiger partial charge on any atom is -0.122 e. The minimum atomic E-state index is 0.514. The molecule has 0 nitrogen and oxygen atoms in total. The molecule has 0 aliphatic heterocycles. The summed E-state index contributed by atoms with van der Waals surface area (Å²) in [4.78, 5) is 0. The zero-order chi connectivity index (χ0) is 14.9. The summed E-state index contributed by atoms with van der Waals surface area (Å²) in [6.07, 6.45) is 0. The van der Waals surface area contributed by atoms with E-state index in [-0.39, 0.29) is 0 Å². The van der Waals surface area contributed by atoms with Gasteiger partial charge in [0.1, 0.15) is 0 Å². The van der Waals surface area contributed by atoms with Crippen molar-refractivity contribution in [1.29, 1.82) is 0 Å². The summed E-state index contributed by atoms with van der Waals surface area (Å²) in [5, 5.41) is 5.00. The van der Waals surface area contributed by atoms with Crippen LogP contribution in [0.15, 0.2) is 78.9 Å². The third kappa shape index (κ3) is 2.08. The zero-order valence-corrected chi connectivity index (χ0v) is 12.8. The molecule has 22 heavy (non-hydrogen) atoms. The first-order valence-corrected chi connectivity index (χ1v) is 7.96. The van der Waals surface area contributed by atoms with Gasteiger partial charge in [-0.05, 0) is 38.2 Å². The SMILES string of the molecule is ClCc1c(-c2cccc3ccccc23)ccc2ccccc12. The molecule has 4 rings (SSSR count). The first kappa shape index (κ1) is 13.4. The maximum absolute atomic E-state index is 6.31. The quantitative estimate of drug-likeness (QED) is 0.376. The van der Waals surface area contributed by atoms with Crippen LogP contribution in [0.4, 0.5) is 0 Å². The van der Waals surface area contributed by atoms with Crippen LogP contribution in [0.5, 0.6) is 0 Å². The van der Waals surface area contributed by atoms with Crippen molar-refractivity contribution < 1.29 is 0 Å². The van der Waals surface area contributed by atoms with Gasteiger partial charge in [-0.15, -0.1) is 11.6 Å². The van der Waals surface area contributed by atoms with E-state index in [0.717, 1.165) is 0 Å².